The van der Waals surface area contributed by atoms with Gasteiger partial charge in [0.25, 0.3) is 0 Å². The second-order valence-corrected chi connectivity index (χ2v) is 13.1. The van der Waals surface area contributed by atoms with Crippen LogP contribution in [0.1, 0.15) is 31.0 Å². The van der Waals surface area contributed by atoms with Crippen molar-refractivity contribution in [1.82, 2.24) is 15.0 Å². The lowest BCUT2D eigenvalue weighted by Crippen LogP contribution is -2.28. The number of rotatable bonds is 13. The minimum atomic E-state index is -3.09. The van der Waals surface area contributed by atoms with Crippen LogP contribution < -0.4 is 10.1 Å². The highest BCUT2D eigenvalue weighted by Crippen LogP contribution is 2.39. The number of nitrogens with one attached hydrogen (secondary N) is 1. The fraction of sp³-hybridized carbons (Fsp3) is 0.300. The van der Waals surface area contributed by atoms with Crippen molar-refractivity contribution >= 4 is 48.2 Å². The molecule has 42 heavy (non-hydrogen) atoms. The second kappa shape index (κ2) is 13.1. The molecular weight excluding hydrogens is 627 g/mol. The van der Waals surface area contributed by atoms with E-state index in [1.54, 1.807) is 31.5 Å². The van der Waals surface area contributed by atoms with E-state index < -0.39 is 15.4 Å². The zero-order valence-electron chi connectivity index (χ0n) is 22.9. The van der Waals surface area contributed by atoms with Crippen LogP contribution in [0.2, 0.25) is 0 Å². The number of benzene rings is 2. The Kier molecular flexibility index (Phi) is 9.34. The first kappa shape index (κ1) is 29.9. The molecule has 0 radical (unpaired) electrons. The Labute approximate surface area is 252 Å². The van der Waals surface area contributed by atoms with Crippen LogP contribution in [-0.4, -0.2) is 48.1 Å². The van der Waals surface area contributed by atoms with Gasteiger partial charge in [-0.25, -0.2) is 22.8 Å². The van der Waals surface area contributed by atoms with Gasteiger partial charge in [0.05, 0.1) is 47.1 Å². The first-order valence-electron chi connectivity index (χ1n) is 13.4. The van der Waals surface area contributed by atoms with E-state index >= 15 is 0 Å². The molecule has 9 nitrogen and oxygen atoms in total. The Bertz CT molecular complexity index is 1690. The van der Waals surface area contributed by atoms with E-state index in [4.69, 9.17) is 14.2 Å². The van der Waals surface area contributed by atoms with Gasteiger partial charge >= 0.3 is 0 Å². The number of hydrogen-bond donors (Lipinski definition) is 1. The summed E-state index contributed by atoms with van der Waals surface area (Å²) in [5.41, 5.74) is 2.12. The number of sulfone groups is 1. The van der Waals surface area contributed by atoms with E-state index in [1.807, 2.05) is 30.3 Å². The zero-order valence-corrected chi connectivity index (χ0v) is 25.3. The summed E-state index contributed by atoms with van der Waals surface area (Å²) >= 11 is 3.56. The third-order valence-electron chi connectivity index (χ3n) is 6.93. The molecule has 12 heteroatoms. The molecule has 0 fully saturated rings. The van der Waals surface area contributed by atoms with Gasteiger partial charge in [0, 0.05) is 29.7 Å². The van der Waals surface area contributed by atoms with Crippen LogP contribution in [0.4, 0.5) is 15.9 Å². The molecule has 5 rings (SSSR count). The van der Waals surface area contributed by atoms with Crippen molar-refractivity contribution in [3.8, 4) is 5.75 Å². The molecule has 1 aliphatic heterocycles. The SMILES string of the molecule is CCS(=O)(=O)CCOCCC1(c2cc3c(Nc4ccc(OCc5cccc(F)c5)c(Br)c4)ncnc3cn2)CC=CO1. The first-order valence-corrected chi connectivity index (χ1v) is 16.0. The molecule has 2 aromatic carbocycles. The molecule has 0 saturated carbocycles. The molecule has 1 N–H and O–H groups in total. The zero-order chi connectivity index (χ0) is 29.6. The number of anilines is 2. The van der Waals surface area contributed by atoms with Gasteiger partial charge in [0.15, 0.2) is 15.4 Å². The predicted molar refractivity (Wildman–Crippen MR) is 162 cm³/mol. The number of nitrogens with zero attached hydrogens (tertiary/aromatic N) is 3. The number of ether oxygens (including phenoxy) is 3. The lowest BCUT2D eigenvalue weighted by atomic mass is 9.91. The van der Waals surface area contributed by atoms with E-state index in [0.717, 1.165) is 21.1 Å². The largest absolute Gasteiger partial charge is 0.488 e. The minimum absolute atomic E-state index is 0.00751. The van der Waals surface area contributed by atoms with Gasteiger partial charge in [0.1, 0.15) is 30.3 Å². The molecule has 220 valence electrons. The topological polar surface area (TPSA) is 113 Å². The van der Waals surface area contributed by atoms with Gasteiger partial charge in [-0.15, -0.1) is 0 Å². The Morgan fingerprint density at radius 3 is 2.76 bits per heavy atom. The predicted octanol–water partition coefficient (Wildman–Crippen LogP) is 6.22. The van der Waals surface area contributed by atoms with E-state index in [0.29, 0.717) is 42.2 Å². The van der Waals surface area contributed by atoms with Crippen LogP contribution in [0, 0.1) is 5.82 Å². The Balaban J connectivity index is 1.30. The van der Waals surface area contributed by atoms with Gasteiger partial charge in [-0.1, -0.05) is 19.1 Å². The van der Waals surface area contributed by atoms with Crippen LogP contribution in [-0.2, 0) is 31.5 Å². The van der Waals surface area contributed by atoms with Crippen LogP contribution in [0.3, 0.4) is 0 Å². The first-order chi connectivity index (χ1) is 20.3. The summed E-state index contributed by atoms with van der Waals surface area (Å²) in [6, 6.07) is 13.8. The molecule has 3 heterocycles. The average molecular weight is 658 g/mol. The maximum atomic E-state index is 13.5. The third-order valence-corrected chi connectivity index (χ3v) is 9.22. The Morgan fingerprint density at radius 1 is 1.12 bits per heavy atom. The maximum Gasteiger partial charge on any atom is 0.155 e. The monoisotopic (exact) mass is 656 g/mol. The fourth-order valence-electron chi connectivity index (χ4n) is 4.52. The molecular formula is C30H30BrFN4O5S. The maximum absolute atomic E-state index is 13.5. The molecule has 0 aliphatic carbocycles. The third kappa shape index (κ3) is 7.23. The van der Waals surface area contributed by atoms with Gasteiger partial charge in [0.2, 0.25) is 0 Å². The second-order valence-electron chi connectivity index (χ2n) is 9.78. The highest BCUT2D eigenvalue weighted by atomic mass is 79.9. The number of halogens is 2. The number of hydrogen-bond acceptors (Lipinski definition) is 9. The van der Waals surface area contributed by atoms with Crippen LogP contribution in [0.15, 0.2) is 77.9 Å². The van der Waals surface area contributed by atoms with Crippen molar-refractivity contribution in [2.45, 2.75) is 32.0 Å². The molecule has 0 bridgehead atoms. The summed E-state index contributed by atoms with van der Waals surface area (Å²) in [5.74, 6) is 0.988. The van der Waals surface area contributed by atoms with Crippen LogP contribution >= 0.6 is 15.9 Å². The van der Waals surface area contributed by atoms with E-state index in [1.165, 1.54) is 18.5 Å². The van der Waals surface area contributed by atoms with E-state index in [-0.39, 0.29) is 30.5 Å². The standard InChI is InChI=1S/C30H30BrFN4O5S/c1-2-42(37,38)14-13-39-12-10-30(9-4-11-41-30)28-17-24-26(18-33-28)34-20-35-29(24)36-23-7-8-27(25(31)16-23)40-19-21-5-3-6-22(32)15-21/h3-8,11,15-18,20H,2,9-10,12-14,19H2,1H3,(H,34,35,36). The van der Waals surface area contributed by atoms with Crippen molar-refractivity contribution in [3.05, 3.63) is 94.9 Å². The summed E-state index contributed by atoms with van der Waals surface area (Å²) in [5, 5.41) is 4.11. The smallest absolute Gasteiger partial charge is 0.155 e. The molecule has 0 amide bonds. The van der Waals surface area contributed by atoms with Gasteiger partial charge in [-0.2, -0.15) is 0 Å². The molecule has 4 aromatic rings. The van der Waals surface area contributed by atoms with Gasteiger partial charge in [-0.05, 0) is 64.0 Å². The Hall–Kier alpha value is -3.61. The highest BCUT2D eigenvalue weighted by Gasteiger charge is 2.37. The van der Waals surface area contributed by atoms with E-state index in [2.05, 4.69) is 36.2 Å². The highest BCUT2D eigenvalue weighted by molar-refractivity contribution is 9.10. The van der Waals surface area contributed by atoms with Crippen LogP contribution in [0.25, 0.3) is 10.9 Å². The summed E-state index contributed by atoms with van der Waals surface area (Å²) in [4.78, 5) is 13.5. The lowest BCUT2D eigenvalue weighted by molar-refractivity contribution is -0.000451. The normalized spacial score (nSPS) is 16.5. The van der Waals surface area contributed by atoms with Crippen molar-refractivity contribution in [2.75, 3.05) is 30.0 Å². The molecule has 1 unspecified atom stereocenters. The summed E-state index contributed by atoms with van der Waals surface area (Å²) in [6.07, 6.45) is 7.84. The number of pyridine rings is 1. The molecule has 2 aromatic heterocycles. The molecule has 0 spiro atoms. The van der Waals surface area contributed by atoms with Crippen molar-refractivity contribution in [2.24, 2.45) is 0 Å². The molecule has 1 atom stereocenters. The summed E-state index contributed by atoms with van der Waals surface area (Å²) in [7, 11) is -3.09. The summed E-state index contributed by atoms with van der Waals surface area (Å²) < 4.78 is 55.3. The van der Waals surface area contributed by atoms with Crippen molar-refractivity contribution < 1.29 is 27.0 Å². The fourth-order valence-corrected chi connectivity index (χ4v) is 5.67. The van der Waals surface area contributed by atoms with E-state index in [9.17, 15) is 12.8 Å². The van der Waals surface area contributed by atoms with Gasteiger partial charge < -0.3 is 19.5 Å². The van der Waals surface area contributed by atoms with Crippen molar-refractivity contribution in [1.29, 1.82) is 0 Å². The number of aromatic nitrogens is 3. The number of fused-ring (bicyclic) bond motifs is 1. The minimum Gasteiger partial charge on any atom is -0.488 e. The molecule has 0 saturated heterocycles. The molecule has 1 aliphatic rings. The average Bonchev–Trinajstić information content (AvgIpc) is 3.47. The van der Waals surface area contributed by atoms with Gasteiger partial charge in [-0.3, -0.25) is 4.98 Å². The lowest BCUT2D eigenvalue weighted by Gasteiger charge is -2.28. The quantitative estimate of drug-likeness (QED) is 0.168. The summed E-state index contributed by atoms with van der Waals surface area (Å²) in [6.45, 7) is 2.31. The van der Waals surface area contributed by atoms with Crippen molar-refractivity contribution in [3.63, 3.8) is 0 Å². The van der Waals surface area contributed by atoms with Crippen LogP contribution in [0.5, 0.6) is 5.75 Å². The Morgan fingerprint density at radius 2 is 2.00 bits per heavy atom.